The van der Waals surface area contributed by atoms with Gasteiger partial charge in [0.15, 0.2) is 0 Å². The molecule has 1 N–H and O–H groups in total. The van der Waals surface area contributed by atoms with Gasteiger partial charge in [-0.1, -0.05) is 0 Å². The van der Waals surface area contributed by atoms with Crippen molar-refractivity contribution in [3.05, 3.63) is 24.2 Å². The Kier molecular flexibility index (Phi) is 3.26. The van der Waals surface area contributed by atoms with Crippen LogP contribution in [0.4, 0.5) is 0 Å². The molecule has 78 valence electrons. The predicted octanol–water partition coefficient (Wildman–Crippen LogP) is 0.324. The Morgan fingerprint density at radius 2 is 2.29 bits per heavy atom. The molecule has 6 nitrogen and oxygen atoms in total. The average molecular weight is 220 g/mol. The molecule has 1 rings (SSSR count). The number of hydrogen-bond acceptors (Lipinski definition) is 5. The molecule has 0 aliphatic rings. The molecule has 1 aromatic rings. The zero-order valence-electron chi connectivity index (χ0n) is 7.04. The summed E-state index contributed by atoms with van der Waals surface area (Å²) in [7, 11) is -4.10. The van der Waals surface area contributed by atoms with Gasteiger partial charge in [-0.3, -0.25) is 4.55 Å². The van der Waals surface area contributed by atoms with Gasteiger partial charge in [-0.2, -0.15) is 8.42 Å². The van der Waals surface area contributed by atoms with Crippen molar-refractivity contribution in [3.8, 4) is 0 Å². The summed E-state index contributed by atoms with van der Waals surface area (Å²) in [5.74, 6) is -1.40. The number of carbonyl (C=O) groups excluding carboxylic acids is 1. The Morgan fingerprint density at radius 3 is 2.79 bits per heavy atom. The predicted molar refractivity (Wildman–Crippen MR) is 45.4 cm³/mol. The molecule has 0 radical (unpaired) electrons. The van der Waals surface area contributed by atoms with E-state index in [1.807, 2.05) is 0 Å². The molecule has 1 aromatic heterocycles. The SMILES string of the molecule is O=C(OCCS(=O)(=O)O)c1ccco1. The standard InChI is InChI=1S/C7H8O6S/c8-7(6-2-1-3-12-6)13-4-5-14(9,10)11/h1-3H,4-5H2,(H,9,10,11). The molecular formula is C7H8O6S. The summed E-state index contributed by atoms with van der Waals surface area (Å²) in [5.41, 5.74) is 0. The minimum absolute atomic E-state index is 0.0136. The largest absolute Gasteiger partial charge is 0.459 e. The van der Waals surface area contributed by atoms with Crippen molar-refractivity contribution >= 4 is 16.1 Å². The molecule has 0 bridgehead atoms. The lowest BCUT2D eigenvalue weighted by molar-refractivity contribution is 0.0492. The van der Waals surface area contributed by atoms with Crippen LogP contribution in [0.15, 0.2) is 22.8 Å². The Hall–Kier alpha value is -1.34. The van der Waals surface area contributed by atoms with Crippen LogP contribution in [0.5, 0.6) is 0 Å². The summed E-state index contributed by atoms with van der Waals surface area (Å²) in [6, 6.07) is 2.88. The monoisotopic (exact) mass is 220 g/mol. The van der Waals surface area contributed by atoms with Crippen molar-refractivity contribution in [2.24, 2.45) is 0 Å². The number of rotatable bonds is 4. The van der Waals surface area contributed by atoms with Gasteiger partial charge >= 0.3 is 5.97 Å². The minimum atomic E-state index is -4.10. The number of hydrogen-bond donors (Lipinski definition) is 1. The molecular weight excluding hydrogens is 212 g/mol. The highest BCUT2D eigenvalue weighted by Gasteiger charge is 2.11. The van der Waals surface area contributed by atoms with Gasteiger partial charge in [-0.05, 0) is 12.1 Å². The quantitative estimate of drug-likeness (QED) is 0.580. The topological polar surface area (TPSA) is 93.8 Å². The van der Waals surface area contributed by atoms with E-state index in [0.717, 1.165) is 0 Å². The van der Waals surface area contributed by atoms with Crippen LogP contribution in [0.2, 0.25) is 0 Å². The number of esters is 1. The highest BCUT2D eigenvalue weighted by molar-refractivity contribution is 7.85. The van der Waals surface area contributed by atoms with Crippen molar-refractivity contribution in [2.45, 2.75) is 0 Å². The molecule has 0 unspecified atom stereocenters. The van der Waals surface area contributed by atoms with Crippen LogP contribution in [-0.2, 0) is 14.9 Å². The third kappa shape index (κ3) is 3.58. The minimum Gasteiger partial charge on any atom is -0.459 e. The van der Waals surface area contributed by atoms with Gasteiger partial charge in [0.1, 0.15) is 12.4 Å². The maximum absolute atomic E-state index is 11.0. The molecule has 0 saturated carbocycles. The first-order valence-electron chi connectivity index (χ1n) is 3.65. The maximum atomic E-state index is 11.0. The van der Waals surface area contributed by atoms with Gasteiger partial charge in [0.05, 0.1) is 6.26 Å². The fourth-order valence-corrected chi connectivity index (χ4v) is 0.999. The molecule has 7 heteroatoms. The summed E-state index contributed by atoms with van der Waals surface area (Å²) < 4.78 is 38.0. The average Bonchev–Trinajstić information content (AvgIpc) is 2.53. The summed E-state index contributed by atoms with van der Waals surface area (Å²) in [5, 5.41) is 0. The van der Waals surface area contributed by atoms with Gasteiger partial charge in [0, 0.05) is 0 Å². The lowest BCUT2D eigenvalue weighted by Crippen LogP contribution is -2.14. The molecule has 14 heavy (non-hydrogen) atoms. The van der Waals surface area contributed by atoms with E-state index in [2.05, 4.69) is 4.74 Å². The van der Waals surface area contributed by atoms with E-state index < -0.39 is 28.4 Å². The first-order chi connectivity index (χ1) is 6.49. The first-order valence-corrected chi connectivity index (χ1v) is 5.26. The maximum Gasteiger partial charge on any atom is 0.374 e. The van der Waals surface area contributed by atoms with E-state index in [1.54, 1.807) is 0 Å². The van der Waals surface area contributed by atoms with Crippen LogP contribution < -0.4 is 0 Å². The van der Waals surface area contributed by atoms with Crippen molar-refractivity contribution in [2.75, 3.05) is 12.4 Å². The Morgan fingerprint density at radius 1 is 1.57 bits per heavy atom. The molecule has 0 atom stereocenters. The summed E-state index contributed by atoms with van der Waals surface area (Å²) in [6.07, 6.45) is 1.29. The second-order valence-electron chi connectivity index (χ2n) is 2.40. The molecule has 0 aliphatic heterocycles. The van der Waals surface area contributed by atoms with Crippen LogP contribution in [-0.4, -0.2) is 31.3 Å². The van der Waals surface area contributed by atoms with Gasteiger partial charge in [-0.15, -0.1) is 0 Å². The van der Waals surface area contributed by atoms with Crippen molar-refractivity contribution in [1.82, 2.24) is 0 Å². The molecule has 0 aliphatic carbocycles. The fourth-order valence-electron chi connectivity index (χ4n) is 0.706. The van der Waals surface area contributed by atoms with E-state index >= 15 is 0 Å². The third-order valence-corrected chi connectivity index (χ3v) is 1.98. The van der Waals surface area contributed by atoms with E-state index in [1.165, 1.54) is 18.4 Å². The Balaban J connectivity index is 2.37. The molecule has 0 aromatic carbocycles. The molecule has 0 spiro atoms. The highest BCUT2D eigenvalue weighted by Crippen LogP contribution is 2.01. The second kappa shape index (κ2) is 4.25. The molecule has 0 fully saturated rings. The Bertz CT molecular complexity index is 390. The Labute approximate surface area is 80.2 Å². The van der Waals surface area contributed by atoms with Crippen molar-refractivity contribution < 1.29 is 26.9 Å². The summed E-state index contributed by atoms with van der Waals surface area (Å²) >= 11 is 0. The molecule has 1 heterocycles. The van der Waals surface area contributed by atoms with E-state index in [9.17, 15) is 13.2 Å². The smallest absolute Gasteiger partial charge is 0.374 e. The van der Waals surface area contributed by atoms with E-state index in [-0.39, 0.29) is 5.76 Å². The normalized spacial score (nSPS) is 11.2. The molecule has 0 amide bonds. The highest BCUT2D eigenvalue weighted by atomic mass is 32.2. The molecule has 0 saturated heterocycles. The van der Waals surface area contributed by atoms with Gasteiger partial charge in [-0.25, -0.2) is 4.79 Å². The fraction of sp³-hybridized carbons (Fsp3) is 0.286. The zero-order valence-corrected chi connectivity index (χ0v) is 7.86. The van der Waals surface area contributed by atoms with E-state index in [0.29, 0.717) is 0 Å². The van der Waals surface area contributed by atoms with Gasteiger partial charge in [0.25, 0.3) is 10.1 Å². The van der Waals surface area contributed by atoms with Crippen LogP contribution in [0.25, 0.3) is 0 Å². The number of ether oxygens (including phenoxy) is 1. The lowest BCUT2D eigenvalue weighted by Gasteiger charge is -1.99. The van der Waals surface area contributed by atoms with Crippen molar-refractivity contribution in [3.63, 3.8) is 0 Å². The third-order valence-electron chi connectivity index (χ3n) is 1.30. The first kappa shape index (κ1) is 10.7. The van der Waals surface area contributed by atoms with Crippen LogP contribution in [0.1, 0.15) is 10.6 Å². The number of furan rings is 1. The van der Waals surface area contributed by atoms with Gasteiger partial charge < -0.3 is 9.15 Å². The van der Waals surface area contributed by atoms with E-state index in [4.69, 9.17) is 8.97 Å². The summed E-state index contributed by atoms with van der Waals surface area (Å²) in [6.45, 7) is -0.404. The van der Waals surface area contributed by atoms with Gasteiger partial charge in [0.2, 0.25) is 5.76 Å². The van der Waals surface area contributed by atoms with Crippen LogP contribution in [0, 0.1) is 0 Å². The van der Waals surface area contributed by atoms with Crippen LogP contribution in [0.3, 0.4) is 0 Å². The zero-order chi connectivity index (χ0) is 10.6. The van der Waals surface area contributed by atoms with Crippen LogP contribution >= 0.6 is 0 Å². The summed E-state index contributed by atoms with van der Waals surface area (Å²) in [4.78, 5) is 11.0. The number of carbonyl (C=O) groups is 1. The lowest BCUT2D eigenvalue weighted by atomic mass is 10.5. The second-order valence-corrected chi connectivity index (χ2v) is 3.97. The van der Waals surface area contributed by atoms with Crippen molar-refractivity contribution in [1.29, 1.82) is 0 Å².